The van der Waals surface area contributed by atoms with Gasteiger partial charge >= 0.3 is 12.0 Å². The lowest BCUT2D eigenvalue weighted by atomic mass is 10.0. The van der Waals surface area contributed by atoms with Gasteiger partial charge in [0.15, 0.2) is 0 Å². The van der Waals surface area contributed by atoms with Gasteiger partial charge in [-0.05, 0) is 20.8 Å². The van der Waals surface area contributed by atoms with Gasteiger partial charge in [-0.15, -0.1) is 0 Å². The van der Waals surface area contributed by atoms with Gasteiger partial charge < -0.3 is 19.0 Å². The van der Waals surface area contributed by atoms with Crippen LogP contribution in [0.5, 0.6) is 0 Å². The normalized spacial score (nSPS) is 24.5. The number of hydrogen-bond acceptors (Lipinski definition) is 5. The van der Waals surface area contributed by atoms with Crippen LogP contribution in [0.4, 0.5) is 4.79 Å². The monoisotopic (exact) mass is 307 g/mol. The third-order valence-electron chi connectivity index (χ3n) is 4.04. The summed E-state index contributed by atoms with van der Waals surface area (Å²) < 4.78 is 10.5. The van der Waals surface area contributed by atoms with E-state index in [-0.39, 0.29) is 17.9 Å². The van der Waals surface area contributed by atoms with Crippen LogP contribution in [0.25, 0.3) is 0 Å². The van der Waals surface area contributed by atoms with Crippen molar-refractivity contribution in [1.82, 2.24) is 14.8 Å². The highest BCUT2D eigenvalue weighted by molar-refractivity contribution is 5.89. The van der Waals surface area contributed by atoms with Crippen molar-refractivity contribution in [3.8, 4) is 0 Å². The van der Waals surface area contributed by atoms with Gasteiger partial charge in [0.1, 0.15) is 11.9 Å². The van der Waals surface area contributed by atoms with Crippen molar-refractivity contribution in [1.29, 1.82) is 0 Å². The summed E-state index contributed by atoms with van der Waals surface area (Å²) in [5.74, 6) is 0.546. The smallest absolute Gasteiger partial charge is 0.410 e. The fraction of sp³-hybridized carbons (Fsp3) is 0.667. The van der Waals surface area contributed by atoms with Gasteiger partial charge in [-0.1, -0.05) is 0 Å². The van der Waals surface area contributed by atoms with Gasteiger partial charge in [0.05, 0.1) is 6.20 Å². The van der Waals surface area contributed by atoms with Crippen molar-refractivity contribution in [3.63, 3.8) is 0 Å². The minimum atomic E-state index is -0.484. The van der Waals surface area contributed by atoms with Crippen LogP contribution in [-0.2, 0) is 4.74 Å². The van der Waals surface area contributed by atoms with Crippen molar-refractivity contribution in [2.45, 2.75) is 26.4 Å². The molecular weight excluding hydrogens is 286 g/mol. The van der Waals surface area contributed by atoms with Crippen molar-refractivity contribution < 1.29 is 18.7 Å². The number of aromatic nitrogens is 1. The summed E-state index contributed by atoms with van der Waals surface area (Å²) in [7, 11) is 0. The van der Waals surface area contributed by atoms with E-state index in [0.29, 0.717) is 38.0 Å². The first-order valence-electron chi connectivity index (χ1n) is 7.50. The molecule has 2 amide bonds. The van der Waals surface area contributed by atoms with Gasteiger partial charge in [-0.3, -0.25) is 4.79 Å². The first-order valence-corrected chi connectivity index (χ1v) is 7.50. The zero-order valence-electron chi connectivity index (χ0n) is 13.1. The van der Waals surface area contributed by atoms with E-state index in [1.54, 1.807) is 9.80 Å². The molecule has 0 N–H and O–H groups in total. The first kappa shape index (κ1) is 14.9. The van der Waals surface area contributed by atoms with Gasteiger partial charge in [-0.25, -0.2) is 9.78 Å². The molecule has 1 aromatic rings. The van der Waals surface area contributed by atoms with E-state index in [0.717, 1.165) is 0 Å². The summed E-state index contributed by atoms with van der Waals surface area (Å²) in [5.41, 5.74) is -0.484. The van der Waals surface area contributed by atoms with Crippen LogP contribution in [0, 0.1) is 11.8 Å². The Balaban J connectivity index is 1.56. The predicted molar refractivity (Wildman–Crippen MR) is 77.2 cm³/mol. The number of carbonyl (C=O) groups is 2. The van der Waals surface area contributed by atoms with E-state index in [1.807, 2.05) is 20.8 Å². The highest BCUT2D eigenvalue weighted by Crippen LogP contribution is 2.32. The number of rotatable bonds is 1. The highest BCUT2D eigenvalue weighted by atomic mass is 16.6. The SMILES string of the molecule is CC(C)(C)OC(=O)N1CC2CN(C(=O)c3ncco3)CC2C1. The summed E-state index contributed by atoms with van der Waals surface area (Å²) >= 11 is 0. The summed E-state index contributed by atoms with van der Waals surface area (Å²) in [5, 5.41) is 0. The molecule has 0 spiro atoms. The minimum Gasteiger partial charge on any atom is -0.444 e. The molecule has 0 radical (unpaired) electrons. The Morgan fingerprint density at radius 1 is 1.18 bits per heavy atom. The summed E-state index contributed by atoms with van der Waals surface area (Å²) in [6.07, 6.45) is 2.59. The standard InChI is InChI=1S/C15H21N3O4/c1-15(2,3)22-14(20)18-8-10-6-17(7-11(10)9-18)13(19)12-16-4-5-21-12/h4-5,10-11H,6-9H2,1-3H3. The van der Waals surface area contributed by atoms with Crippen molar-refractivity contribution in [2.75, 3.05) is 26.2 Å². The molecule has 2 aliphatic rings. The lowest BCUT2D eigenvalue weighted by molar-refractivity contribution is 0.0275. The molecule has 0 aromatic carbocycles. The van der Waals surface area contributed by atoms with Gasteiger partial charge in [0, 0.05) is 38.0 Å². The Kier molecular flexibility index (Phi) is 3.58. The van der Waals surface area contributed by atoms with Gasteiger partial charge in [0.25, 0.3) is 5.89 Å². The number of amides is 2. The Hall–Kier alpha value is -2.05. The van der Waals surface area contributed by atoms with Crippen molar-refractivity contribution >= 4 is 12.0 Å². The van der Waals surface area contributed by atoms with Gasteiger partial charge in [0.2, 0.25) is 0 Å². The number of oxazole rings is 1. The van der Waals surface area contributed by atoms with Crippen LogP contribution < -0.4 is 0 Å². The third kappa shape index (κ3) is 2.93. The van der Waals surface area contributed by atoms with Crippen LogP contribution in [-0.4, -0.2) is 58.6 Å². The second-order valence-electron chi connectivity index (χ2n) is 6.95. The quantitative estimate of drug-likeness (QED) is 0.788. The Labute approximate surface area is 129 Å². The maximum absolute atomic E-state index is 12.2. The maximum atomic E-state index is 12.2. The van der Waals surface area contributed by atoms with Crippen LogP contribution in [0.3, 0.4) is 0 Å². The molecule has 2 fully saturated rings. The van der Waals surface area contributed by atoms with E-state index in [4.69, 9.17) is 9.15 Å². The Morgan fingerprint density at radius 3 is 2.27 bits per heavy atom. The molecule has 22 heavy (non-hydrogen) atoms. The van der Waals surface area contributed by atoms with Crippen molar-refractivity contribution in [2.24, 2.45) is 11.8 Å². The van der Waals surface area contributed by atoms with Crippen LogP contribution >= 0.6 is 0 Å². The molecule has 7 heteroatoms. The number of carbonyl (C=O) groups excluding carboxylic acids is 2. The number of nitrogens with zero attached hydrogens (tertiary/aromatic N) is 3. The minimum absolute atomic E-state index is 0.129. The fourth-order valence-electron chi connectivity index (χ4n) is 3.10. The van der Waals surface area contributed by atoms with E-state index in [9.17, 15) is 9.59 Å². The second kappa shape index (κ2) is 5.30. The van der Waals surface area contributed by atoms with E-state index in [1.165, 1.54) is 12.5 Å². The molecule has 7 nitrogen and oxygen atoms in total. The molecule has 2 unspecified atom stereocenters. The summed E-state index contributed by atoms with van der Waals surface area (Å²) in [6.45, 7) is 8.11. The van der Waals surface area contributed by atoms with E-state index in [2.05, 4.69) is 4.98 Å². The van der Waals surface area contributed by atoms with E-state index >= 15 is 0 Å². The van der Waals surface area contributed by atoms with Crippen LogP contribution in [0.2, 0.25) is 0 Å². The molecule has 120 valence electrons. The molecule has 1 aromatic heterocycles. The molecule has 0 bridgehead atoms. The summed E-state index contributed by atoms with van der Waals surface area (Å²) in [6, 6.07) is 0. The lowest BCUT2D eigenvalue weighted by Gasteiger charge is -2.25. The largest absolute Gasteiger partial charge is 0.444 e. The topological polar surface area (TPSA) is 75.9 Å². The predicted octanol–water partition coefficient (Wildman–Crippen LogP) is 1.61. The average molecular weight is 307 g/mol. The molecule has 0 saturated carbocycles. The molecule has 2 aliphatic heterocycles. The van der Waals surface area contributed by atoms with Crippen LogP contribution in [0.15, 0.2) is 16.9 Å². The number of fused-ring (bicyclic) bond motifs is 1. The zero-order valence-corrected chi connectivity index (χ0v) is 13.1. The Morgan fingerprint density at radius 2 is 1.77 bits per heavy atom. The molecule has 3 rings (SSSR count). The second-order valence-corrected chi connectivity index (χ2v) is 6.95. The van der Waals surface area contributed by atoms with Crippen LogP contribution in [0.1, 0.15) is 31.5 Å². The van der Waals surface area contributed by atoms with Gasteiger partial charge in [-0.2, -0.15) is 0 Å². The number of hydrogen-bond donors (Lipinski definition) is 0. The third-order valence-corrected chi connectivity index (χ3v) is 4.04. The molecule has 2 atom stereocenters. The molecule has 0 aliphatic carbocycles. The molecular formula is C15H21N3O4. The average Bonchev–Trinajstić information content (AvgIpc) is 3.11. The lowest BCUT2D eigenvalue weighted by Crippen LogP contribution is -2.38. The molecule has 2 saturated heterocycles. The fourth-order valence-corrected chi connectivity index (χ4v) is 3.10. The summed E-state index contributed by atoms with van der Waals surface area (Å²) in [4.78, 5) is 31.7. The first-order chi connectivity index (χ1) is 10.3. The zero-order chi connectivity index (χ0) is 15.9. The van der Waals surface area contributed by atoms with E-state index < -0.39 is 5.60 Å². The molecule has 3 heterocycles. The Bertz CT molecular complexity index is 550. The number of ether oxygens (including phenoxy) is 1. The number of likely N-dealkylation sites (tertiary alicyclic amines) is 2. The highest BCUT2D eigenvalue weighted by Gasteiger charge is 2.44. The van der Waals surface area contributed by atoms with Crippen molar-refractivity contribution in [3.05, 3.63) is 18.4 Å². The maximum Gasteiger partial charge on any atom is 0.410 e.